The minimum atomic E-state index is 0.134. The molecule has 0 N–H and O–H groups in total. The van der Waals surface area contributed by atoms with Gasteiger partial charge in [0.1, 0.15) is 0 Å². The first-order valence-corrected chi connectivity index (χ1v) is 10.2. The Balaban J connectivity index is 1.44. The summed E-state index contributed by atoms with van der Waals surface area (Å²) in [6.07, 6.45) is 8.16. The Hall–Kier alpha value is -1.69. The monoisotopic (exact) mass is 359 g/mol. The van der Waals surface area contributed by atoms with Gasteiger partial charge in [0.25, 0.3) is 5.91 Å². The third-order valence-corrected chi connectivity index (χ3v) is 6.41. The first kappa shape index (κ1) is 16.8. The fraction of sp³-hybridized carbons (Fsp3) is 0.632. The van der Waals surface area contributed by atoms with Crippen LogP contribution in [0, 0.1) is 6.92 Å². The summed E-state index contributed by atoms with van der Waals surface area (Å²) in [5, 5.41) is 8.66. The summed E-state index contributed by atoms with van der Waals surface area (Å²) in [5.41, 5.74) is 0. The molecule has 1 amide bonds. The van der Waals surface area contributed by atoms with Crippen molar-refractivity contribution in [2.45, 2.75) is 63.7 Å². The van der Waals surface area contributed by atoms with Crippen molar-refractivity contribution in [1.29, 1.82) is 0 Å². The highest BCUT2D eigenvalue weighted by atomic mass is 32.1. The zero-order chi connectivity index (χ0) is 17.2. The summed E-state index contributed by atoms with van der Waals surface area (Å²) in [5.74, 6) is 2.27. The van der Waals surface area contributed by atoms with E-state index in [-0.39, 0.29) is 11.8 Å². The maximum Gasteiger partial charge on any atom is 0.263 e. The van der Waals surface area contributed by atoms with E-state index in [4.69, 9.17) is 4.42 Å². The van der Waals surface area contributed by atoms with E-state index in [2.05, 4.69) is 10.2 Å². The summed E-state index contributed by atoms with van der Waals surface area (Å²) in [6.45, 7) is 3.53. The second kappa shape index (κ2) is 7.28. The molecule has 1 unspecified atom stereocenters. The normalized spacial score (nSPS) is 22.3. The van der Waals surface area contributed by atoms with Gasteiger partial charge < -0.3 is 9.32 Å². The lowest BCUT2D eigenvalue weighted by atomic mass is 9.89. The highest BCUT2D eigenvalue weighted by molar-refractivity contribution is 7.13. The molecule has 4 rings (SSSR count). The maximum absolute atomic E-state index is 12.7. The van der Waals surface area contributed by atoms with Crippen LogP contribution in [0.3, 0.4) is 0 Å². The van der Waals surface area contributed by atoms with E-state index in [0.29, 0.717) is 12.5 Å². The molecule has 5 nitrogen and oxygen atoms in total. The van der Waals surface area contributed by atoms with Gasteiger partial charge >= 0.3 is 0 Å². The lowest BCUT2D eigenvalue weighted by Crippen LogP contribution is -2.38. The Bertz CT molecular complexity index is 733. The molecule has 1 saturated heterocycles. The van der Waals surface area contributed by atoms with Crippen LogP contribution in [0.2, 0.25) is 0 Å². The number of piperidine rings is 1. The van der Waals surface area contributed by atoms with E-state index in [0.717, 1.165) is 48.9 Å². The van der Waals surface area contributed by atoms with Gasteiger partial charge in [0.2, 0.25) is 11.8 Å². The number of carbonyl (C=O) groups excluding carboxylic acids is 1. The molecule has 2 aromatic heterocycles. The smallest absolute Gasteiger partial charge is 0.263 e. The summed E-state index contributed by atoms with van der Waals surface area (Å²) in [7, 11) is 0. The number of aromatic nitrogens is 2. The van der Waals surface area contributed by atoms with Crippen LogP contribution in [-0.4, -0.2) is 34.1 Å². The van der Waals surface area contributed by atoms with Crippen LogP contribution in [0.25, 0.3) is 0 Å². The third-order valence-electron chi connectivity index (χ3n) is 5.42. The molecule has 1 aliphatic heterocycles. The number of likely N-dealkylation sites (tertiary alicyclic amines) is 1. The Kier molecular flexibility index (Phi) is 4.88. The van der Waals surface area contributed by atoms with Gasteiger partial charge in [-0.15, -0.1) is 21.5 Å². The van der Waals surface area contributed by atoms with Crippen LogP contribution < -0.4 is 0 Å². The number of hydrogen-bond donors (Lipinski definition) is 0. The minimum absolute atomic E-state index is 0.134. The van der Waals surface area contributed by atoms with Gasteiger partial charge in [0, 0.05) is 23.9 Å². The Morgan fingerprint density at radius 2 is 1.80 bits per heavy atom. The largest absolute Gasteiger partial charge is 0.425 e. The fourth-order valence-electron chi connectivity index (χ4n) is 3.99. The molecule has 1 saturated carbocycles. The van der Waals surface area contributed by atoms with Gasteiger partial charge in [-0.2, -0.15) is 0 Å². The average Bonchev–Trinajstić information content (AvgIpc) is 3.31. The Morgan fingerprint density at radius 3 is 2.52 bits per heavy atom. The topological polar surface area (TPSA) is 59.2 Å². The molecular weight excluding hydrogens is 334 g/mol. The van der Waals surface area contributed by atoms with E-state index in [1.165, 1.54) is 24.1 Å². The Labute approximate surface area is 152 Å². The lowest BCUT2D eigenvalue weighted by molar-refractivity contribution is 0.0702. The fourth-order valence-corrected chi connectivity index (χ4v) is 4.83. The van der Waals surface area contributed by atoms with Crippen LogP contribution in [0.4, 0.5) is 0 Å². The van der Waals surface area contributed by atoms with Crippen molar-refractivity contribution in [1.82, 2.24) is 15.1 Å². The molecule has 1 aliphatic carbocycles. The molecule has 1 atom stereocenters. The van der Waals surface area contributed by atoms with Crippen LogP contribution >= 0.6 is 11.3 Å². The first-order chi connectivity index (χ1) is 12.2. The van der Waals surface area contributed by atoms with E-state index < -0.39 is 0 Å². The standard InChI is InChI=1S/C19H25N3O2S/c1-13-9-10-16(25-13)19(23)22-11-5-8-15(12-22)18-21-20-17(24-18)14-6-3-2-4-7-14/h9-10,14-15H,2-8,11-12H2,1H3. The number of nitrogens with zero attached hydrogens (tertiary/aromatic N) is 3. The molecule has 134 valence electrons. The van der Waals surface area contributed by atoms with E-state index in [9.17, 15) is 4.79 Å². The maximum atomic E-state index is 12.7. The van der Waals surface area contributed by atoms with Crippen molar-refractivity contribution in [3.8, 4) is 0 Å². The van der Waals surface area contributed by atoms with Crippen LogP contribution in [0.15, 0.2) is 16.5 Å². The van der Waals surface area contributed by atoms with E-state index in [1.54, 1.807) is 11.3 Å². The van der Waals surface area contributed by atoms with Crippen LogP contribution in [-0.2, 0) is 0 Å². The van der Waals surface area contributed by atoms with Crippen molar-refractivity contribution >= 4 is 17.2 Å². The zero-order valence-corrected chi connectivity index (χ0v) is 15.6. The molecule has 2 aromatic rings. The highest BCUT2D eigenvalue weighted by Gasteiger charge is 2.30. The molecule has 25 heavy (non-hydrogen) atoms. The number of rotatable bonds is 3. The van der Waals surface area contributed by atoms with Crippen molar-refractivity contribution in [2.75, 3.05) is 13.1 Å². The van der Waals surface area contributed by atoms with Crippen molar-refractivity contribution in [2.24, 2.45) is 0 Å². The predicted molar refractivity (Wildman–Crippen MR) is 97.1 cm³/mol. The quantitative estimate of drug-likeness (QED) is 0.809. The van der Waals surface area contributed by atoms with E-state index >= 15 is 0 Å². The van der Waals surface area contributed by atoms with Crippen molar-refractivity contribution < 1.29 is 9.21 Å². The highest BCUT2D eigenvalue weighted by Crippen LogP contribution is 2.34. The predicted octanol–water partition coefficient (Wildman–Crippen LogP) is 4.51. The molecule has 3 heterocycles. The molecule has 0 bridgehead atoms. The lowest BCUT2D eigenvalue weighted by Gasteiger charge is -2.30. The zero-order valence-electron chi connectivity index (χ0n) is 14.7. The van der Waals surface area contributed by atoms with Gasteiger partial charge in [-0.05, 0) is 44.7 Å². The minimum Gasteiger partial charge on any atom is -0.425 e. The number of thiophene rings is 1. The van der Waals surface area contributed by atoms with Gasteiger partial charge in [-0.1, -0.05) is 19.3 Å². The average molecular weight is 359 g/mol. The van der Waals surface area contributed by atoms with Crippen molar-refractivity contribution in [3.63, 3.8) is 0 Å². The second-order valence-electron chi connectivity index (χ2n) is 7.31. The molecule has 0 spiro atoms. The van der Waals surface area contributed by atoms with Gasteiger partial charge in [0.05, 0.1) is 10.8 Å². The molecule has 0 radical (unpaired) electrons. The van der Waals surface area contributed by atoms with Gasteiger partial charge in [0.15, 0.2) is 0 Å². The molecule has 2 fully saturated rings. The summed E-state index contributed by atoms with van der Waals surface area (Å²) >= 11 is 1.57. The van der Waals surface area contributed by atoms with Gasteiger partial charge in [-0.3, -0.25) is 4.79 Å². The number of carbonyl (C=O) groups is 1. The van der Waals surface area contributed by atoms with Crippen LogP contribution in [0.5, 0.6) is 0 Å². The summed E-state index contributed by atoms with van der Waals surface area (Å²) in [4.78, 5) is 16.7. The summed E-state index contributed by atoms with van der Waals surface area (Å²) < 4.78 is 6.04. The molecular formula is C19H25N3O2S. The van der Waals surface area contributed by atoms with Gasteiger partial charge in [-0.25, -0.2) is 0 Å². The number of aryl methyl sites for hydroxylation is 1. The number of hydrogen-bond acceptors (Lipinski definition) is 5. The first-order valence-electron chi connectivity index (χ1n) is 9.39. The molecule has 0 aromatic carbocycles. The SMILES string of the molecule is Cc1ccc(C(=O)N2CCCC(c3nnc(C4CCCCC4)o3)C2)s1. The van der Waals surface area contributed by atoms with Crippen LogP contribution in [0.1, 0.15) is 83.1 Å². The van der Waals surface area contributed by atoms with Crippen molar-refractivity contribution in [3.05, 3.63) is 33.7 Å². The molecule has 2 aliphatic rings. The third kappa shape index (κ3) is 3.64. The second-order valence-corrected chi connectivity index (χ2v) is 8.60. The Morgan fingerprint density at radius 1 is 1.08 bits per heavy atom. The molecule has 6 heteroatoms. The summed E-state index contributed by atoms with van der Waals surface area (Å²) in [6, 6.07) is 3.94. The van der Waals surface area contributed by atoms with E-state index in [1.807, 2.05) is 24.0 Å². The number of amides is 1.